The number of allylic oxidation sites excluding steroid dienone is 12. The highest BCUT2D eigenvalue weighted by Crippen LogP contribution is 2.43. The van der Waals surface area contributed by atoms with Gasteiger partial charge in [-0.2, -0.15) is 0 Å². The average molecular weight is 904 g/mol. The lowest BCUT2D eigenvalue weighted by atomic mass is 10.0. The van der Waals surface area contributed by atoms with Crippen LogP contribution in [0.4, 0.5) is 0 Å². The van der Waals surface area contributed by atoms with Crippen LogP contribution in [0.1, 0.15) is 219 Å². The van der Waals surface area contributed by atoms with Crippen LogP contribution in [0.15, 0.2) is 72.9 Å². The molecular formula is C53H94NO8P. The molecule has 0 aliphatic heterocycles. The topological polar surface area (TPSA) is 134 Å². The van der Waals surface area contributed by atoms with Crippen molar-refractivity contribution < 1.29 is 37.6 Å². The van der Waals surface area contributed by atoms with Crippen LogP contribution in [0.2, 0.25) is 0 Å². The Labute approximate surface area is 386 Å². The Balaban J connectivity index is 4.12. The summed E-state index contributed by atoms with van der Waals surface area (Å²) in [5, 5.41) is 0. The summed E-state index contributed by atoms with van der Waals surface area (Å²) in [7, 11) is -4.39. The molecule has 0 aliphatic rings. The molecule has 0 spiro atoms. The molecule has 10 heteroatoms. The van der Waals surface area contributed by atoms with Crippen molar-refractivity contribution in [1.29, 1.82) is 0 Å². The third kappa shape index (κ3) is 48.7. The summed E-state index contributed by atoms with van der Waals surface area (Å²) in [6.07, 6.45) is 60.8. The Hall–Kier alpha value is -2.55. The molecule has 3 N–H and O–H groups in total. The highest BCUT2D eigenvalue weighted by Gasteiger charge is 2.26. The molecule has 2 atom stereocenters. The number of nitrogens with two attached hydrogens (primary N) is 1. The molecular weight excluding hydrogens is 810 g/mol. The Morgan fingerprint density at radius 1 is 0.492 bits per heavy atom. The molecule has 0 bridgehead atoms. The minimum absolute atomic E-state index is 0.0464. The first-order valence-electron chi connectivity index (χ1n) is 25.4. The molecule has 0 amide bonds. The van der Waals surface area contributed by atoms with Gasteiger partial charge >= 0.3 is 19.8 Å². The number of hydrogen-bond donors (Lipinski definition) is 2. The first-order valence-corrected chi connectivity index (χ1v) is 26.9. The minimum atomic E-state index is -4.39. The van der Waals surface area contributed by atoms with Crippen molar-refractivity contribution in [3.05, 3.63) is 72.9 Å². The first-order chi connectivity index (χ1) is 30.8. The van der Waals surface area contributed by atoms with E-state index in [2.05, 4.69) is 86.8 Å². The predicted molar refractivity (Wildman–Crippen MR) is 266 cm³/mol. The van der Waals surface area contributed by atoms with Gasteiger partial charge in [0.25, 0.3) is 0 Å². The van der Waals surface area contributed by atoms with Crippen LogP contribution < -0.4 is 5.73 Å². The summed E-state index contributed by atoms with van der Waals surface area (Å²) < 4.78 is 32.9. The van der Waals surface area contributed by atoms with Gasteiger partial charge in [0.2, 0.25) is 0 Å². The van der Waals surface area contributed by atoms with Gasteiger partial charge in [-0.05, 0) is 64.2 Å². The van der Waals surface area contributed by atoms with Gasteiger partial charge in [0.15, 0.2) is 6.10 Å². The van der Waals surface area contributed by atoms with E-state index in [4.69, 9.17) is 24.3 Å². The van der Waals surface area contributed by atoms with E-state index in [-0.39, 0.29) is 38.6 Å². The van der Waals surface area contributed by atoms with Crippen molar-refractivity contribution in [2.45, 2.75) is 225 Å². The van der Waals surface area contributed by atoms with E-state index in [9.17, 15) is 19.0 Å². The number of carbonyl (C=O) groups is 2. The van der Waals surface area contributed by atoms with E-state index in [1.807, 2.05) is 0 Å². The van der Waals surface area contributed by atoms with Crippen molar-refractivity contribution in [2.24, 2.45) is 5.73 Å². The normalized spacial score (nSPS) is 13.8. The van der Waals surface area contributed by atoms with Crippen LogP contribution in [0.25, 0.3) is 0 Å². The summed E-state index contributed by atoms with van der Waals surface area (Å²) in [6, 6.07) is 0. The van der Waals surface area contributed by atoms with Crippen molar-refractivity contribution >= 4 is 19.8 Å². The maximum absolute atomic E-state index is 12.6. The Kier molecular flexibility index (Phi) is 46.9. The van der Waals surface area contributed by atoms with Crippen molar-refractivity contribution in [1.82, 2.24) is 0 Å². The molecule has 0 aromatic heterocycles. The molecule has 0 radical (unpaired) electrons. The summed E-state index contributed by atoms with van der Waals surface area (Å²) in [6.45, 7) is 3.61. The monoisotopic (exact) mass is 904 g/mol. The van der Waals surface area contributed by atoms with Crippen LogP contribution in [-0.4, -0.2) is 49.3 Å². The number of phosphoric ester groups is 1. The Morgan fingerprint density at radius 2 is 0.873 bits per heavy atom. The van der Waals surface area contributed by atoms with E-state index in [0.717, 1.165) is 83.5 Å². The SMILES string of the molecule is CC/C=C\C/C=C\C/C=C\C/C=C\C/C=C\C/C=C\CCCCCCC(=O)OC(COC(=O)CCCCCCCCCCCCCCCCCCCCC)COP(=O)(O)OCCN. The molecule has 0 aromatic rings. The fourth-order valence-electron chi connectivity index (χ4n) is 6.87. The Bertz CT molecular complexity index is 1260. The smallest absolute Gasteiger partial charge is 0.462 e. The largest absolute Gasteiger partial charge is 0.472 e. The molecule has 63 heavy (non-hydrogen) atoms. The minimum Gasteiger partial charge on any atom is -0.462 e. The second-order valence-electron chi connectivity index (χ2n) is 16.7. The van der Waals surface area contributed by atoms with Crippen LogP contribution in [-0.2, 0) is 32.7 Å². The van der Waals surface area contributed by atoms with Gasteiger partial charge < -0.3 is 20.1 Å². The summed E-state index contributed by atoms with van der Waals surface area (Å²) in [5.74, 6) is -0.854. The highest BCUT2D eigenvalue weighted by atomic mass is 31.2. The molecule has 0 heterocycles. The summed E-state index contributed by atoms with van der Waals surface area (Å²) in [5.41, 5.74) is 5.36. The molecule has 0 rings (SSSR count). The van der Waals surface area contributed by atoms with E-state index in [0.29, 0.717) is 6.42 Å². The molecule has 2 unspecified atom stereocenters. The van der Waals surface area contributed by atoms with Crippen LogP contribution >= 0.6 is 7.82 Å². The van der Waals surface area contributed by atoms with Crippen molar-refractivity contribution in [2.75, 3.05) is 26.4 Å². The third-order valence-corrected chi connectivity index (χ3v) is 11.6. The number of hydrogen-bond acceptors (Lipinski definition) is 8. The molecule has 0 aromatic carbocycles. The number of rotatable bonds is 47. The van der Waals surface area contributed by atoms with Gasteiger partial charge in [-0.1, -0.05) is 215 Å². The molecule has 0 aliphatic carbocycles. The average Bonchev–Trinajstić information content (AvgIpc) is 3.27. The fraction of sp³-hybridized carbons (Fsp3) is 0.736. The maximum atomic E-state index is 12.6. The molecule has 364 valence electrons. The number of phosphoric acid groups is 1. The van der Waals surface area contributed by atoms with E-state index in [1.54, 1.807) is 0 Å². The number of esters is 2. The second-order valence-corrected chi connectivity index (χ2v) is 18.1. The van der Waals surface area contributed by atoms with Crippen molar-refractivity contribution in [3.8, 4) is 0 Å². The quantitative estimate of drug-likeness (QED) is 0.0265. The van der Waals surface area contributed by atoms with E-state index >= 15 is 0 Å². The van der Waals surface area contributed by atoms with E-state index in [1.165, 1.54) is 103 Å². The number of ether oxygens (including phenoxy) is 2. The van der Waals surface area contributed by atoms with Gasteiger partial charge in [0.1, 0.15) is 6.61 Å². The van der Waals surface area contributed by atoms with Gasteiger partial charge in [0, 0.05) is 19.4 Å². The van der Waals surface area contributed by atoms with Crippen LogP contribution in [0, 0.1) is 0 Å². The summed E-state index contributed by atoms with van der Waals surface area (Å²) >= 11 is 0. The fourth-order valence-corrected chi connectivity index (χ4v) is 7.64. The lowest BCUT2D eigenvalue weighted by molar-refractivity contribution is -0.161. The van der Waals surface area contributed by atoms with Gasteiger partial charge in [-0.25, -0.2) is 4.57 Å². The highest BCUT2D eigenvalue weighted by molar-refractivity contribution is 7.47. The third-order valence-electron chi connectivity index (χ3n) is 10.6. The zero-order chi connectivity index (χ0) is 46.0. The van der Waals surface area contributed by atoms with Gasteiger partial charge in [-0.3, -0.25) is 18.6 Å². The zero-order valence-corrected chi connectivity index (χ0v) is 41.2. The first kappa shape index (κ1) is 60.5. The van der Waals surface area contributed by atoms with Gasteiger partial charge in [0.05, 0.1) is 13.2 Å². The lowest BCUT2D eigenvalue weighted by Crippen LogP contribution is -2.29. The Morgan fingerprint density at radius 3 is 1.30 bits per heavy atom. The molecule has 9 nitrogen and oxygen atoms in total. The van der Waals surface area contributed by atoms with Crippen LogP contribution in [0.5, 0.6) is 0 Å². The van der Waals surface area contributed by atoms with E-state index < -0.39 is 26.5 Å². The lowest BCUT2D eigenvalue weighted by Gasteiger charge is -2.19. The maximum Gasteiger partial charge on any atom is 0.472 e. The number of unbranched alkanes of at least 4 members (excludes halogenated alkanes) is 22. The van der Waals surface area contributed by atoms with Crippen LogP contribution in [0.3, 0.4) is 0 Å². The zero-order valence-electron chi connectivity index (χ0n) is 40.3. The molecule has 0 saturated heterocycles. The predicted octanol–water partition coefficient (Wildman–Crippen LogP) is 15.4. The van der Waals surface area contributed by atoms with Crippen molar-refractivity contribution in [3.63, 3.8) is 0 Å². The second kappa shape index (κ2) is 48.9. The summed E-state index contributed by atoms with van der Waals surface area (Å²) in [4.78, 5) is 35.0. The molecule has 0 fully saturated rings. The number of carbonyl (C=O) groups excluding carboxylic acids is 2. The van der Waals surface area contributed by atoms with Gasteiger partial charge in [-0.15, -0.1) is 0 Å². The standard InChI is InChI=1S/C53H94NO8P/c1-3-5-7-9-11-13-15-17-19-21-23-24-25-26-28-30-32-34-36-38-40-42-44-46-53(56)62-51(50-61-63(57,58)60-48-47-54)49-59-52(55)45-43-41-39-37-35-33-31-29-27-22-20-18-16-14-12-10-8-6-4-2/h5,7,11,13,17,19,23-24,26,28,32,34,51H,3-4,6,8-10,12,14-16,18,20-22,25,27,29-31,33,35-50,54H2,1-2H3,(H,57,58)/b7-5-,13-11-,19-17-,24-23-,28-26-,34-32-. The molecule has 0 saturated carbocycles.